The van der Waals surface area contributed by atoms with Crippen LogP contribution in [0.2, 0.25) is 0 Å². The van der Waals surface area contributed by atoms with Gasteiger partial charge in [0.25, 0.3) is 0 Å². The fourth-order valence-electron chi connectivity index (χ4n) is 0. The van der Waals surface area contributed by atoms with Crippen molar-refractivity contribution in [2.45, 2.75) is 0 Å². The summed E-state index contributed by atoms with van der Waals surface area (Å²) in [5.74, 6) is 0. The average Bonchev–Trinajstić information content (AvgIpc) is 1.25. The Morgan fingerprint density at radius 1 is 0.800 bits per heavy atom. The maximum Gasteiger partial charge on any atom is 2.00 e. The maximum absolute atomic E-state index is 8.25. The van der Waals surface area contributed by atoms with Crippen molar-refractivity contribution in [1.82, 2.24) is 0 Å². The number of nitrogens with zero attached hydrogens (tertiary/aromatic N) is 2. The topological polar surface area (TPSA) is 132 Å². The van der Waals surface area contributed by atoms with Crippen LogP contribution in [-0.4, -0.2) is 10.2 Å². The summed E-state index contributed by atoms with van der Waals surface area (Å²) in [6, 6.07) is 0. The molecule has 0 aliphatic heterocycles. The van der Waals surface area contributed by atoms with E-state index in [2.05, 4.69) is 0 Å². The molecule has 0 unspecified atom stereocenters. The molecule has 63 valence electrons. The first kappa shape index (κ1) is 22.6. The van der Waals surface area contributed by atoms with Crippen LogP contribution in [0.4, 0.5) is 0 Å². The standard InChI is InChI=1S/Ag.Mn.2NO3/c;;2*2-1(3)4/q+1;+2;2*-1. The van der Waals surface area contributed by atoms with Gasteiger partial charge in [-0.3, -0.25) is 0 Å². The van der Waals surface area contributed by atoms with Crippen LogP contribution < -0.4 is 0 Å². The van der Waals surface area contributed by atoms with Gasteiger partial charge < -0.3 is 30.6 Å². The van der Waals surface area contributed by atoms with Crippen LogP contribution in [0.15, 0.2) is 0 Å². The zero-order chi connectivity index (χ0) is 7.15. The van der Waals surface area contributed by atoms with Crippen LogP contribution in [0.3, 0.4) is 0 Å². The van der Waals surface area contributed by atoms with Crippen LogP contribution in [-0.2, 0) is 39.4 Å². The van der Waals surface area contributed by atoms with Gasteiger partial charge in [0, 0.05) is 0 Å². The van der Waals surface area contributed by atoms with Crippen LogP contribution in [0.25, 0.3) is 0 Å². The van der Waals surface area contributed by atoms with Gasteiger partial charge in [-0.15, -0.1) is 0 Å². The third kappa shape index (κ3) is 2930. The molecule has 1 radical (unpaired) electrons. The monoisotopic (exact) mass is 286 g/mol. The van der Waals surface area contributed by atoms with Crippen molar-refractivity contribution in [2.24, 2.45) is 0 Å². The predicted octanol–water partition coefficient (Wildman–Crippen LogP) is -0.483. The Morgan fingerprint density at radius 3 is 0.800 bits per heavy atom. The summed E-state index contributed by atoms with van der Waals surface area (Å²) >= 11 is 0. The normalized spacial score (nSPS) is 4.80. The largest absolute Gasteiger partial charge is 2.00 e. The van der Waals surface area contributed by atoms with Gasteiger partial charge in [-0.2, -0.15) is 0 Å². The molecule has 10 heavy (non-hydrogen) atoms. The van der Waals surface area contributed by atoms with Crippen molar-refractivity contribution < 1.29 is 49.6 Å². The molecule has 0 amide bonds. The van der Waals surface area contributed by atoms with Crippen molar-refractivity contribution in [3.05, 3.63) is 30.6 Å². The minimum Gasteiger partial charge on any atom is -0.356 e. The Morgan fingerprint density at radius 2 is 0.800 bits per heavy atom. The molecule has 0 aromatic rings. The molecule has 0 bridgehead atoms. The van der Waals surface area contributed by atoms with E-state index in [9.17, 15) is 0 Å². The third-order valence-electron chi connectivity index (χ3n) is 0. The first-order valence-corrected chi connectivity index (χ1v) is 1.10. The summed E-state index contributed by atoms with van der Waals surface area (Å²) in [6.45, 7) is 0. The molecule has 0 N–H and O–H groups in total. The van der Waals surface area contributed by atoms with Gasteiger partial charge in [0.15, 0.2) is 0 Å². The Hall–Kier alpha value is -0.340. The van der Waals surface area contributed by atoms with E-state index >= 15 is 0 Å². The van der Waals surface area contributed by atoms with Crippen LogP contribution in [0, 0.1) is 30.6 Å². The molecule has 0 fully saturated rings. The summed E-state index contributed by atoms with van der Waals surface area (Å²) in [7, 11) is 0. The molecule has 0 aromatic heterocycles. The molecule has 0 spiro atoms. The molecule has 0 rings (SSSR count). The quantitative estimate of drug-likeness (QED) is 0.335. The smallest absolute Gasteiger partial charge is 0.356 e. The van der Waals surface area contributed by atoms with Crippen molar-refractivity contribution in [2.75, 3.05) is 0 Å². The summed E-state index contributed by atoms with van der Waals surface area (Å²) in [6.07, 6.45) is 0. The molecule has 0 saturated carbocycles. The third-order valence-corrected chi connectivity index (χ3v) is 0. The molecule has 0 atom stereocenters. The average molecular weight is 287 g/mol. The van der Waals surface area contributed by atoms with Crippen LogP contribution in [0.1, 0.15) is 0 Å². The van der Waals surface area contributed by atoms with E-state index in [-0.39, 0.29) is 39.4 Å². The molecular formula is AgMnN2O6+. The summed E-state index contributed by atoms with van der Waals surface area (Å²) in [5.41, 5.74) is 0. The van der Waals surface area contributed by atoms with E-state index in [0.29, 0.717) is 0 Å². The Kier molecular flexibility index (Phi) is 35.9. The predicted molar refractivity (Wildman–Crippen MR) is 20.7 cm³/mol. The zero-order valence-corrected chi connectivity index (χ0v) is 6.69. The van der Waals surface area contributed by atoms with E-state index in [1.807, 2.05) is 0 Å². The molecule has 10 heteroatoms. The first-order valence-electron chi connectivity index (χ1n) is 1.10. The Balaban J connectivity index is -0.0000000300. The van der Waals surface area contributed by atoms with Gasteiger partial charge in [-0.05, 0) is 0 Å². The summed E-state index contributed by atoms with van der Waals surface area (Å²) in [5, 5.41) is 29.5. The van der Waals surface area contributed by atoms with Crippen LogP contribution >= 0.6 is 0 Å². The van der Waals surface area contributed by atoms with Gasteiger partial charge in [0.1, 0.15) is 0 Å². The molecule has 0 aromatic carbocycles. The summed E-state index contributed by atoms with van der Waals surface area (Å²) in [4.78, 5) is 16.5. The first-order chi connectivity index (χ1) is 3.46. The fourth-order valence-corrected chi connectivity index (χ4v) is 0. The maximum atomic E-state index is 8.25. The molecular weight excluding hydrogens is 287 g/mol. The van der Waals surface area contributed by atoms with Gasteiger partial charge in [0.05, 0.1) is 10.2 Å². The van der Waals surface area contributed by atoms with Crippen LogP contribution in [0.5, 0.6) is 0 Å². The van der Waals surface area contributed by atoms with Gasteiger partial charge in [0.2, 0.25) is 0 Å². The second kappa shape index (κ2) is 15.9. The van der Waals surface area contributed by atoms with Crippen molar-refractivity contribution in [3.63, 3.8) is 0 Å². The van der Waals surface area contributed by atoms with Crippen molar-refractivity contribution >= 4 is 0 Å². The number of hydrogen-bond acceptors (Lipinski definition) is 6. The molecule has 0 aliphatic rings. The Labute approximate surface area is 80.4 Å². The number of hydrogen-bond donors (Lipinski definition) is 0. The van der Waals surface area contributed by atoms with E-state index in [1.165, 1.54) is 0 Å². The number of rotatable bonds is 0. The minimum atomic E-state index is -1.75. The van der Waals surface area contributed by atoms with E-state index in [0.717, 1.165) is 0 Å². The fraction of sp³-hybridized carbons (Fsp3) is 0. The van der Waals surface area contributed by atoms with E-state index in [1.54, 1.807) is 0 Å². The molecule has 8 nitrogen and oxygen atoms in total. The minimum absolute atomic E-state index is 0. The van der Waals surface area contributed by atoms with Gasteiger partial charge in [-0.25, -0.2) is 0 Å². The van der Waals surface area contributed by atoms with E-state index in [4.69, 9.17) is 30.6 Å². The molecule has 0 heterocycles. The van der Waals surface area contributed by atoms with Gasteiger partial charge >= 0.3 is 39.4 Å². The molecule has 0 aliphatic carbocycles. The molecule has 0 saturated heterocycles. The van der Waals surface area contributed by atoms with Crippen molar-refractivity contribution in [1.29, 1.82) is 0 Å². The Bertz CT molecular complexity index is 73.7. The second-order valence-electron chi connectivity index (χ2n) is 0.447. The van der Waals surface area contributed by atoms with Crippen molar-refractivity contribution in [3.8, 4) is 0 Å². The summed E-state index contributed by atoms with van der Waals surface area (Å²) < 4.78 is 0. The van der Waals surface area contributed by atoms with Gasteiger partial charge in [-0.1, -0.05) is 0 Å². The van der Waals surface area contributed by atoms with E-state index < -0.39 is 10.2 Å². The second-order valence-corrected chi connectivity index (χ2v) is 0.447. The SMILES string of the molecule is O=[N+]([O-])[O-].O=[N+]([O-])[O-].[Ag+].[Mn+2]. The zero-order valence-electron chi connectivity index (χ0n) is 4.02.